The van der Waals surface area contributed by atoms with Crippen molar-refractivity contribution in [3.63, 3.8) is 0 Å². The Hall–Kier alpha value is -2.63. The minimum absolute atomic E-state index is 0.0846. The highest BCUT2D eigenvalue weighted by Gasteiger charge is 2.08. The number of benzene rings is 1. The molecule has 0 unspecified atom stereocenters. The molecule has 0 atom stereocenters. The van der Waals surface area contributed by atoms with E-state index in [1.807, 2.05) is 30.3 Å². The smallest absolute Gasteiger partial charge is 0.229 e. The lowest BCUT2D eigenvalue weighted by molar-refractivity contribution is -0.114. The Morgan fingerprint density at radius 2 is 1.67 bits per heavy atom. The van der Waals surface area contributed by atoms with Gasteiger partial charge in [-0.3, -0.25) is 4.79 Å². The molecule has 2 N–H and O–H groups in total. The highest BCUT2D eigenvalue weighted by Crippen LogP contribution is 2.19. The quantitative estimate of drug-likeness (QED) is 0.771. The van der Waals surface area contributed by atoms with Crippen LogP contribution in [0.5, 0.6) is 0 Å². The van der Waals surface area contributed by atoms with Gasteiger partial charge in [-0.1, -0.05) is 13.8 Å². The van der Waals surface area contributed by atoms with Crippen molar-refractivity contribution in [1.82, 2.24) is 9.97 Å². The maximum Gasteiger partial charge on any atom is 0.229 e. The normalized spacial score (nSPS) is 10.3. The summed E-state index contributed by atoms with van der Waals surface area (Å²) in [7, 11) is 0. The molecule has 1 aromatic carbocycles. The third-order valence-electron chi connectivity index (χ3n) is 3.41. The van der Waals surface area contributed by atoms with Crippen LogP contribution >= 0.6 is 0 Å². The number of rotatable bonds is 8. The van der Waals surface area contributed by atoms with Crippen molar-refractivity contribution in [3.05, 3.63) is 36.5 Å². The first kappa shape index (κ1) is 17.7. The van der Waals surface area contributed by atoms with Gasteiger partial charge >= 0.3 is 0 Å². The minimum atomic E-state index is -0.0846. The zero-order chi connectivity index (χ0) is 17.4. The Labute approximate surface area is 143 Å². The predicted molar refractivity (Wildman–Crippen MR) is 98.9 cm³/mol. The summed E-state index contributed by atoms with van der Waals surface area (Å²) < 4.78 is 0. The third kappa shape index (κ3) is 5.22. The minimum Gasteiger partial charge on any atom is -0.356 e. The first-order valence-electron chi connectivity index (χ1n) is 8.35. The summed E-state index contributed by atoms with van der Waals surface area (Å²) in [6.07, 6.45) is 3.93. The third-order valence-corrected chi connectivity index (χ3v) is 3.41. The van der Waals surface area contributed by atoms with Gasteiger partial charge in [0.25, 0.3) is 0 Å². The van der Waals surface area contributed by atoms with Crippen LogP contribution in [-0.4, -0.2) is 29.0 Å². The Morgan fingerprint density at radius 1 is 1.04 bits per heavy atom. The van der Waals surface area contributed by atoms with Crippen LogP contribution in [0.4, 0.5) is 23.1 Å². The average Bonchev–Trinajstić information content (AvgIpc) is 2.56. The van der Waals surface area contributed by atoms with E-state index >= 15 is 0 Å². The fourth-order valence-corrected chi connectivity index (χ4v) is 2.44. The Balaban J connectivity index is 2.09. The van der Waals surface area contributed by atoms with E-state index in [9.17, 15) is 4.79 Å². The van der Waals surface area contributed by atoms with Gasteiger partial charge in [0.2, 0.25) is 11.9 Å². The molecule has 0 fully saturated rings. The standard InChI is InChI=1S/C18H25N5O/c1-4-12-23(13-5-2)17-10-11-19-18(22-17)21-16-8-6-15(7-9-16)20-14(3)24/h6-11H,4-5,12-13H2,1-3H3,(H,20,24)(H,19,21,22). The summed E-state index contributed by atoms with van der Waals surface area (Å²) in [5.41, 5.74) is 1.64. The van der Waals surface area contributed by atoms with Gasteiger partial charge in [-0.05, 0) is 43.2 Å². The molecular weight excluding hydrogens is 302 g/mol. The number of aromatic nitrogens is 2. The number of amides is 1. The Bertz CT molecular complexity index is 651. The molecule has 6 nitrogen and oxygen atoms in total. The SMILES string of the molecule is CCCN(CCC)c1ccnc(Nc2ccc(NC(C)=O)cc2)n1. The first-order chi connectivity index (χ1) is 11.6. The molecule has 0 aliphatic heterocycles. The molecule has 0 saturated heterocycles. The molecule has 24 heavy (non-hydrogen) atoms. The second-order valence-electron chi connectivity index (χ2n) is 5.61. The van der Waals surface area contributed by atoms with E-state index in [0.29, 0.717) is 5.95 Å². The Kier molecular flexibility index (Phi) is 6.54. The van der Waals surface area contributed by atoms with Gasteiger partial charge < -0.3 is 15.5 Å². The second-order valence-corrected chi connectivity index (χ2v) is 5.61. The summed E-state index contributed by atoms with van der Waals surface area (Å²) in [5.74, 6) is 1.42. The van der Waals surface area contributed by atoms with Crippen molar-refractivity contribution in [2.45, 2.75) is 33.6 Å². The molecule has 0 spiro atoms. The maximum atomic E-state index is 11.0. The fourth-order valence-electron chi connectivity index (χ4n) is 2.44. The fraction of sp³-hybridized carbons (Fsp3) is 0.389. The van der Waals surface area contributed by atoms with E-state index in [1.165, 1.54) is 6.92 Å². The summed E-state index contributed by atoms with van der Waals surface area (Å²) in [6, 6.07) is 9.40. The van der Waals surface area contributed by atoms with Crippen LogP contribution in [0.1, 0.15) is 33.6 Å². The van der Waals surface area contributed by atoms with Crippen molar-refractivity contribution in [1.29, 1.82) is 0 Å². The van der Waals surface area contributed by atoms with Gasteiger partial charge in [0.05, 0.1) is 0 Å². The van der Waals surface area contributed by atoms with E-state index in [4.69, 9.17) is 0 Å². The van der Waals surface area contributed by atoms with Gasteiger partial charge in [-0.2, -0.15) is 4.98 Å². The highest BCUT2D eigenvalue weighted by molar-refractivity contribution is 5.88. The van der Waals surface area contributed by atoms with Crippen LogP contribution in [0, 0.1) is 0 Å². The van der Waals surface area contributed by atoms with Crippen LogP contribution in [0.3, 0.4) is 0 Å². The van der Waals surface area contributed by atoms with E-state index in [2.05, 4.69) is 39.3 Å². The number of nitrogens with one attached hydrogen (secondary N) is 2. The summed E-state index contributed by atoms with van der Waals surface area (Å²) in [4.78, 5) is 22.2. The van der Waals surface area contributed by atoms with Gasteiger partial charge in [-0.15, -0.1) is 0 Å². The zero-order valence-corrected chi connectivity index (χ0v) is 14.5. The largest absolute Gasteiger partial charge is 0.356 e. The molecule has 0 radical (unpaired) electrons. The molecule has 2 rings (SSSR count). The van der Waals surface area contributed by atoms with Crippen molar-refractivity contribution < 1.29 is 4.79 Å². The molecule has 2 aromatic rings. The molecule has 0 saturated carbocycles. The zero-order valence-electron chi connectivity index (χ0n) is 14.5. The number of carbonyl (C=O) groups excluding carboxylic acids is 1. The van der Waals surface area contributed by atoms with Gasteiger partial charge in [0, 0.05) is 37.6 Å². The van der Waals surface area contributed by atoms with Crippen molar-refractivity contribution in [2.24, 2.45) is 0 Å². The summed E-state index contributed by atoms with van der Waals surface area (Å²) in [5, 5.41) is 5.95. The maximum absolute atomic E-state index is 11.0. The molecule has 128 valence electrons. The molecule has 6 heteroatoms. The molecule has 1 amide bonds. The van der Waals surface area contributed by atoms with Crippen molar-refractivity contribution >= 4 is 29.0 Å². The number of carbonyl (C=O) groups is 1. The van der Waals surface area contributed by atoms with E-state index in [1.54, 1.807) is 6.20 Å². The average molecular weight is 327 g/mol. The van der Waals surface area contributed by atoms with Gasteiger partial charge in [0.1, 0.15) is 5.82 Å². The number of nitrogens with zero attached hydrogens (tertiary/aromatic N) is 3. The van der Waals surface area contributed by atoms with E-state index in [-0.39, 0.29) is 5.91 Å². The number of hydrogen-bond acceptors (Lipinski definition) is 5. The second kappa shape index (κ2) is 8.86. The van der Waals surface area contributed by atoms with Gasteiger partial charge in [-0.25, -0.2) is 4.98 Å². The predicted octanol–water partition coefficient (Wildman–Crippen LogP) is 3.81. The molecule has 1 aromatic heterocycles. The van der Waals surface area contributed by atoms with Crippen molar-refractivity contribution in [2.75, 3.05) is 28.6 Å². The van der Waals surface area contributed by atoms with Crippen molar-refractivity contribution in [3.8, 4) is 0 Å². The molecule has 0 aliphatic rings. The van der Waals surface area contributed by atoms with Crippen LogP contribution in [-0.2, 0) is 4.79 Å². The molecular formula is C18H25N5O. The van der Waals surface area contributed by atoms with E-state index < -0.39 is 0 Å². The molecule has 0 bridgehead atoms. The summed E-state index contributed by atoms with van der Waals surface area (Å²) >= 11 is 0. The van der Waals surface area contributed by atoms with Crippen LogP contribution in [0.2, 0.25) is 0 Å². The topological polar surface area (TPSA) is 70.2 Å². The van der Waals surface area contributed by atoms with Crippen LogP contribution < -0.4 is 15.5 Å². The number of hydrogen-bond donors (Lipinski definition) is 2. The van der Waals surface area contributed by atoms with E-state index in [0.717, 1.165) is 43.1 Å². The highest BCUT2D eigenvalue weighted by atomic mass is 16.1. The summed E-state index contributed by atoms with van der Waals surface area (Å²) in [6.45, 7) is 7.79. The Morgan fingerprint density at radius 3 is 2.25 bits per heavy atom. The van der Waals surface area contributed by atoms with Crippen LogP contribution in [0.15, 0.2) is 36.5 Å². The lowest BCUT2D eigenvalue weighted by Gasteiger charge is -2.22. The monoisotopic (exact) mass is 327 g/mol. The van der Waals surface area contributed by atoms with Crippen LogP contribution in [0.25, 0.3) is 0 Å². The lowest BCUT2D eigenvalue weighted by Crippen LogP contribution is -2.26. The molecule has 1 heterocycles. The first-order valence-corrected chi connectivity index (χ1v) is 8.35. The number of anilines is 4. The molecule has 0 aliphatic carbocycles. The lowest BCUT2D eigenvalue weighted by atomic mass is 10.3. The van der Waals surface area contributed by atoms with Gasteiger partial charge in [0.15, 0.2) is 0 Å².